The lowest BCUT2D eigenvalue weighted by atomic mass is 10.0. The van der Waals surface area contributed by atoms with Crippen LogP contribution >= 0.6 is 15.9 Å². The molecule has 1 aliphatic rings. The average Bonchev–Trinajstić information content (AvgIpc) is 3.36. The van der Waals surface area contributed by atoms with Crippen LogP contribution in [-0.4, -0.2) is 23.7 Å². The molecule has 0 heterocycles. The van der Waals surface area contributed by atoms with Gasteiger partial charge in [0, 0.05) is 11.0 Å². The van der Waals surface area contributed by atoms with Gasteiger partial charge in [-0.15, -0.1) is 0 Å². The van der Waals surface area contributed by atoms with Gasteiger partial charge >= 0.3 is 0 Å². The minimum atomic E-state index is -0.474. The van der Waals surface area contributed by atoms with Crippen LogP contribution in [0.5, 0.6) is 0 Å². The quantitative estimate of drug-likeness (QED) is 0.635. The number of aliphatic hydroxyl groups excluding tert-OH is 1. The lowest BCUT2D eigenvalue weighted by molar-refractivity contribution is -0.119. The van der Waals surface area contributed by atoms with Crippen molar-refractivity contribution in [2.75, 3.05) is 6.54 Å². The second-order valence-corrected chi connectivity index (χ2v) is 7.62. The summed E-state index contributed by atoms with van der Waals surface area (Å²) in [6.45, 7) is 0.434. The summed E-state index contributed by atoms with van der Waals surface area (Å²) in [6.07, 6.45) is 1.70. The van der Waals surface area contributed by atoms with Crippen molar-refractivity contribution in [1.82, 2.24) is 5.32 Å². The van der Waals surface area contributed by atoms with Crippen molar-refractivity contribution in [3.63, 3.8) is 0 Å². The fourth-order valence-corrected chi connectivity index (χ4v) is 3.77. The van der Waals surface area contributed by atoms with E-state index in [2.05, 4.69) is 33.4 Å². The Balaban J connectivity index is 1.61. The molecule has 0 radical (unpaired) electrons. The van der Waals surface area contributed by atoms with Crippen LogP contribution in [0.4, 0.5) is 0 Å². The largest absolute Gasteiger partial charge is 0.392 e. The Morgan fingerprint density at radius 2 is 2.04 bits per heavy atom. The molecular weight excluding hydrogens is 380 g/mol. The first-order valence-corrected chi connectivity index (χ1v) is 9.33. The number of nitrogens with two attached hydrogens (primary N) is 1. The Labute approximate surface area is 156 Å². The van der Waals surface area contributed by atoms with E-state index in [1.807, 2.05) is 42.5 Å². The number of aliphatic hydroxyl groups is 1. The molecule has 1 amide bonds. The molecule has 0 aliphatic heterocycles. The Kier molecular flexibility index (Phi) is 5.57. The molecule has 1 saturated carbocycles. The highest BCUT2D eigenvalue weighted by atomic mass is 79.9. The molecule has 1 unspecified atom stereocenters. The van der Waals surface area contributed by atoms with Crippen LogP contribution in [0.15, 0.2) is 59.1 Å². The molecule has 3 rings (SSSR count). The number of carbonyl (C=O) groups is 1. The maximum atomic E-state index is 11.7. The van der Waals surface area contributed by atoms with Gasteiger partial charge in [0.1, 0.15) is 0 Å². The van der Waals surface area contributed by atoms with Crippen LogP contribution in [0.2, 0.25) is 0 Å². The van der Waals surface area contributed by atoms with Gasteiger partial charge in [-0.05, 0) is 42.5 Å². The van der Waals surface area contributed by atoms with Crippen molar-refractivity contribution < 1.29 is 9.90 Å². The second kappa shape index (κ2) is 7.68. The maximum absolute atomic E-state index is 11.7. The van der Waals surface area contributed by atoms with Crippen molar-refractivity contribution in [1.29, 1.82) is 0 Å². The smallest absolute Gasteiger partial charge is 0.222 e. The van der Waals surface area contributed by atoms with Crippen molar-refractivity contribution >= 4 is 21.8 Å². The molecule has 2 aromatic rings. The highest BCUT2D eigenvalue weighted by Crippen LogP contribution is 2.52. The summed E-state index contributed by atoms with van der Waals surface area (Å²) in [5.74, 6) is -0.533. The first-order chi connectivity index (χ1) is 12.0. The average molecular weight is 403 g/mol. The molecule has 0 spiro atoms. The fraction of sp³-hybridized carbons (Fsp3) is 0.350. The van der Waals surface area contributed by atoms with Crippen LogP contribution in [0.25, 0.3) is 0 Å². The van der Waals surface area contributed by atoms with E-state index in [-0.39, 0.29) is 11.8 Å². The minimum Gasteiger partial charge on any atom is -0.392 e. The van der Waals surface area contributed by atoms with Gasteiger partial charge in [0.15, 0.2) is 0 Å². The van der Waals surface area contributed by atoms with E-state index in [0.717, 1.165) is 16.5 Å². The number of hydrogen-bond acceptors (Lipinski definition) is 3. The minimum absolute atomic E-state index is 0.233. The number of carbonyl (C=O) groups excluding carboxylic acids is 1. The molecule has 2 aromatic carbocycles. The van der Waals surface area contributed by atoms with Crippen LogP contribution < -0.4 is 11.1 Å². The zero-order valence-electron chi connectivity index (χ0n) is 14.0. The third-order valence-corrected chi connectivity index (χ3v) is 5.40. The van der Waals surface area contributed by atoms with Crippen molar-refractivity contribution in [2.45, 2.75) is 30.9 Å². The van der Waals surface area contributed by atoms with Crippen LogP contribution in [-0.2, 0) is 16.8 Å². The molecule has 1 aliphatic carbocycles. The van der Waals surface area contributed by atoms with E-state index in [9.17, 15) is 9.90 Å². The number of amides is 1. The highest BCUT2D eigenvalue weighted by molar-refractivity contribution is 9.10. The molecule has 4 N–H and O–H groups in total. The number of benzene rings is 2. The maximum Gasteiger partial charge on any atom is 0.222 e. The molecule has 4 nitrogen and oxygen atoms in total. The summed E-state index contributed by atoms with van der Waals surface area (Å²) >= 11 is 3.48. The lowest BCUT2D eigenvalue weighted by Crippen LogP contribution is -2.39. The van der Waals surface area contributed by atoms with Crippen molar-refractivity contribution in [2.24, 2.45) is 11.7 Å². The van der Waals surface area contributed by atoms with E-state index in [4.69, 9.17) is 5.73 Å². The summed E-state index contributed by atoms with van der Waals surface area (Å²) in [6, 6.07) is 18.0. The number of rotatable bonds is 8. The summed E-state index contributed by atoms with van der Waals surface area (Å²) in [7, 11) is 0. The first-order valence-electron chi connectivity index (χ1n) is 8.53. The van der Waals surface area contributed by atoms with E-state index < -0.39 is 11.6 Å². The number of aryl methyl sites for hydroxylation is 1. The molecular formula is C20H23BrN2O2. The van der Waals surface area contributed by atoms with Crippen molar-refractivity contribution in [3.8, 4) is 0 Å². The monoisotopic (exact) mass is 402 g/mol. The van der Waals surface area contributed by atoms with Crippen molar-refractivity contribution in [3.05, 3.63) is 70.2 Å². The standard InChI is InChI=1S/C20H23BrN2O2/c21-16-8-4-7-15(11-16)20(12-18(20)19(22)25)23-13-17(24)10-9-14-5-2-1-3-6-14/h1-8,11,17-18,23-24H,9-10,12-13H2,(H2,22,25)/t17-,18?,20-/m1/s1. The Bertz CT molecular complexity index is 737. The third kappa shape index (κ3) is 4.29. The molecule has 0 saturated heterocycles. The Morgan fingerprint density at radius 1 is 1.28 bits per heavy atom. The molecule has 1 fully saturated rings. The third-order valence-electron chi connectivity index (χ3n) is 4.91. The Morgan fingerprint density at radius 3 is 2.68 bits per heavy atom. The zero-order valence-corrected chi connectivity index (χ0v) is 15.6. The van der Waals surface area contributed by atoms with Gasteiger partial charge in [0.2, 0.25) is 5.91 Å². The molecule has 132 valence electrons. The predicted molar refractivity (Wildman–Crippen MR) is 102 cm³/mol. The summed E-state index contributed by atoms with van der Waals surface area (Å²) in [4.78, 5) is 11.7. The molecule has 0 aromatic heterocycles. The van der Waals surface area contributed by atoms with Gasteiger partial charge in [0.25, 0.3) is 0 Å². The Hall–Kier alpha value is -1.69. The van der Waals surface area contributed by atoms with Crippen LogP contribution in [0.3, 0.4) is 0 Å². The molecule has 0 bridgehead atoms. The normalized spacial score (nSPS) is 23.2. The lowest BCUT2D eigenvalue weighted by Gasteiger charge is -2.22. The van der Waals surface area contributed by atoms with Crippen LogP contribution in [0, 0.1) is 5.92 Å². The van der Waals surface area contributed by atoms with E-state index in [1.54, 1.807) is 0 Å². The highest BCUT2D eigenvalue weighted by Gasteiger charge is 2.58. The van der Waals surface area contributed by atoms with E-state index in [1.165, 1.54) is 5.56 Å². The fourth-order valence-electron chi connectivity index (χ4n) is 3.37. The second-order valence-electron chi connectivity index (χ2n) is 6.70. The van der Waals surface area contributed by atoms with Gasteiger partial charge in [0.05, 0.1) is 17.6 Å². The number of nitrogens with one attached hydrogen (secondary N) is 1. The number of primary amides is 1. The van der Waals surface area contributed by atoms with E-state index in [0.29, 0.717) is 19.4 Å². The first kappa shape index (κ1) is 18.1. The topological polar surface area (TPSA) is 75.4 Å². The SMILES string of the molecule is NC(=O)C1C[C@@]1(NC[C@H](O)CCc1ccccc1)c1cccc(Br)c1. The summed E-state index contributed by atoms with van der Waals surface area (Å²) in [5, 5.41) is 13.7. The van der Waals surface area contributed by atoms with Gasteiger partial charge in [-0.3, -0.25) is 4.79 Å². The van der Waals surface area contributed by atoms with Gasteiger partial charge < -0.3 is 16.2 Å². The summed E-state index contributed by atoms with van der Waals surface area (Å²) in [5.41, 5.74) is 7.32. The van der Waals surface area contributed by atoms with Gasteiger partial charge in [-0.2, -0.15) is 0 Å². The van der Waals surface area contributed by atoms with Crippen LogP contribution in [0.1, 0.15) is 24.0 Å². The van der Waals surface area contributed by atoms with Gasteiger partial charge in [-0.25, -0.2) is 0 Å². The molecule has 5 heteroatoms. The van der Waals surface area contributed by atoms with Gasteiger partial charge in [-0.1, -0.05) is 58.4 Å². The number of hydrogen-bond donors (Lipinski definition) is 3. The molecule has 3 atom stereocenters. The predicted octanol–water partition coefficient (Wildman–Crippen LogP) is 2.73. The molecule has 25 heavy (non-hydrogen) atoms. The number of halogens is 1. The zero-order chi connectivity index (χ0) is 17.9. The van der Waals surface area contributed by atoms with E-state index >= 15 is 0 Å². The summed E-state index contributed by atoms with van der Waals surface area (Å²) < 4.78 is 0.964.